The standard InChI is InChI=1S/C15H32N2O/c1-4-10-17(13-15-6-7-15)11-9-16-8-5-12-18-14(2)3/h14-16H,4-13H2,1-3H3. The number of nitrogens with zero attached hydrogens (tertiary/aromatic N) is 1. The molecule has 1 aliphatic rings. The second kappa shape index (κ2) is 9.76. The number of hydrogen-bond acceptors (Lipinski definition) is 3. The molecule has 1 fully saturated rings. The zero-order chi connectivity index (χ0) is 13.2. The van der Waals surface area contributed by atoms with E-state index in [0.717, 1.165) is 32.0 Å². The summed E-state index contributed by atoms with van der Waals surface area (Å²) in [6.45, 7) is 13.3. The molecule has 1 rings (SSSR count). The fourth-order valence-electron chi connectivity index (χ4n) is 2.15. The van der Waals surface area contributed by atoms with Crippen LogP contribution < -0.4 is 5.32 Å². The van der Waals surface area contributed by atoms with Gasteiger partial charge in [-0.05, 0) is 58.5 Å². The van der Waals surface area contributed by atoms with Crippen LogP contribution in [0.4, 0.5) is 0 Å². The molecule has 0 radical (unpaired) electrons. The molecular weight excluding hydrogens is 224 g/mol. The maximum Gasteiger partial charge on any atom is 0.0518 e. The van der Waals surface area contributed by atoms with Crippen molar-refractivity contribution in [3.8, 4) is 0 Å². The first-order chi connectivity index (χ1) is 8.72. The maximum absolute atomic E-state index is 5.52. The van der Waals surface area contributed by atoms with Crippen molar-refractivity contribution in [2.75, 3.05) is 39.3 Å². The van der Waals surface area contributed by atoms with Gasteiger partial charge in [-0.2, -0.15) is 0 Å². The van der Waals surface area contributed by atoms with Crippen LogP contribution in [0, 0.1) is 5.92 Å². The average Bonchev–Trinajstić information content (AvgIpc) is 3.11. The van der Waals surface area contributed by atoms with Crippen molar-refractivity contribution in [3.05, 3.63) is 0 Å². The van der Waals surface area contributed by atoms with E-state index in [1.807, 2.05) is 0 Å². The monoisotopic (exact) mass is 256 g/mol. The van der Waals surface area contributed by atoms with Crippen LogP contribution in [0.1, 0.15) is 46.5 Å². The zero-order valence-corrected chi connectivity index (χ0v) is 12.6. The van der Waals surface area contributed by atoms with Crippen LogP contribution >= 0.6 is 0 Å². The van der Waals surface area contributed by atoms with Gasteiger partial charge in [-0.3, -0.25) is 0 Å². The lowest BCUT2D eigenvalue weighted by Gasteiger charge is -2.21. The third-order valence-electron chi connectivity index (χ3n) is 3.31. The normalized spacial score (nSPS) is 15.8. The molecule has 0 saturated heterocycles. The minimum Gasteiger partial charge on any atom is -0.379 e. The predicted molar refractivity (Wildman–Crippen MR) is 78.0 cm³/mol. The molecule has 18 heavy (non-hydrogen) atoms. The third-order valence-corrected chi connectivity index (χ3v) is 3.31. The third kappa shape index (κ3) is 8.90. The van der Waals surface area contributed by atoms with Crippen LogP contribution in [0.25, 0.3) is 0 Å². The van der Waals surface area contributed by atoms with E-state index >= 15 is 0 Å². The van der Waals surface area contributed by atoms with Crippen LogP contribution in [0.2, 0.25) is 0 Å². The Hall–Kier alpha value is -0.120. The Morgan fingerprint density at radius 1 is 1.22 bits per heavy atom. The molecule has 0 bridgehead atoms. The molecule has 0 spiro atoms. The van der Waals surface area contributed by atoms with E-state index in [9.17, 15) is 0 Å². The van der Waals surface area contributed by atoms with E-state index in [1.165, 1.54) is 38.9 Å². The van der Waals surface area contributed by atoms with Gasteiger partial charge in [0.15, 0.2) is 0 Å². The first kappa shape index (κ1) is 15.9. The largest absolute Gasteiger partial charge is 0.379 e. The van der Waals surface area contributed by atoms with Gasteiger partial charge < -0.3 is 15.0 Å². The van der Waals surface area contributed by atoms with Gasteiger partial charge in [-0.25, -0.2) is 0 Å². The van der Waals surface area contributed by atoms with Gasteiger partial charge in [0.1, 0.15) is 0 Å². The van der Waals surface area contributed by atoms with Crippen molar-refractivity contribution in [2.24, 2.45) is 5.92 Å². The first-order valence-electron chi connectivity index (χ1n) is 7.77. The fourth-order valence-corrected chi connectivity index (χ4v) is 2.15. The molecule has 108 valence electrons. The predicted octanol–water partition coefficient (Wildman–Crippen LogP) is 2.51. The summed E-state index contributed by atoms with van der Waals surface area (Å²) in [6.07, 6.45) is 5.67. The summed E-state index contributed by atoms with van der Waals surface area (Å²) in [5, 5.41) is 3.52. The summed E-state index contributed by atoms with van der Waals surface area (Å²) in [6, 6.07) is 0. The molecule has 0 aromatic carbocycles. The van der Waals surface area contributed by atoms with Crippen molar-refractivity contribution < 1.29 is 4.74 Å². The van der Waals surface area contributed by atoms with Crippen LogP contribution in [0.3, 0.4) is 0 Å². The highest BCUT2D eigenvalue weighted by atomic mass is 16.5. The second-order valence-electron chi connectivity index (χ2n) is 5.77. The molecule has 0 aromatic rings. The Morgan fingerprint density at radius 3 is 2.61 bits per heavy atom. The Balaban J connectivity index is 1.90. The summed E-state index contributed by atoms with van der Waals surface area (Å²) < 4.78 is 5.52. The Labute approximate surface area is 113 Å². The van der Waals surface area contributed by atoms with Gasteiger partial charge in [-0.1, -0.05) is 6.92 Å². The van der Waals surface area contributed by atoms with Crippen molar-refractivity contribution in [3.63, 3.8) is 0 Å². The highest BCUT2D eigenvalue weighted by Crippen LogP contribution is 2.29. The van der Waals surface area contributed by atoms with Crippen LogP contribution in [0.5, 0.6) is 0 Å². The topological polar surface area (TPSA) is 24.5 Å². The summed E-state index contributed by atoms with van der Waals surface area (Å²) in [4.78, 5) is 2.62. The first-order valence-corrected chi connectivity index (χ1v) is 7.77. The van der Waals surface area contributed by atoms with E-state index in [4.69, 9.17) is 4.74 Å². The van der Waals surface area contributed by atoms with E-state index in [0.29, 0.717) is 6.10 Å². The van der Waals surface area contributed by atoms with Gasteiger partial charge in [0.25, 0.3) is 0 Å². The van der Waals surface area contributed by atoms with Crippen molar-refractivity contribution in [1.82, 2.24) is 10.2 Å². The van der Waals surface area contributed by atoms with Gasteiger partial charge >= 0.3 is 0 Å². The summed E-state index contributed by atoms with van der Waals surface area (Å²) >= 11 is 0. The number of ether oxygens (including phenoxy) is 1. The molecule has 0 amide bonds. The molecule has 0 aliphatic heterocycles. The van der Waals surface area contributed by atoms with Gasteiger partial charge in [0.05, 0.1) is 6.10 Å². The smallest absolute Gasteiger partial charge is 0.0518 e. The van der Waals surface area contributed by atoms with Crippen LogP contribution in [-0.2, 0) is 4.74 Å². The summed E-state index contributed by atoms with van der Waals surface area (Å²) in [5.41, 5.74) is 0. The number of nitrogens with one attached hydrogen (secondary N) is 1. The molecule has 0 aromatic heterocycles. The molecular formula is C15H32N2O. The lowest BCUT2D eigenvalue weighted by atomic mass is 10.3. The molecule has 1 N–H and O–H groups in total. The molecule has 3 nitrogen and oxygen atoms in total. The fraction of sp³-hybridized carbons (Fsp3) is 1.00. The van der Waals surface area contributed by atoms with Crippen molar-refractivity contribution in [1.29, 1.82) is 0 Å². The van der Waals surface area contributed by atoms with Gasteiger partial charge in [0, 0.05) is 26.2 Å². The number of rotatable bonds is 12. The van der Waals surface area contributed by atoms with Crippen LogP contribution in [-0.4, -0.2) is 50.3 Å². The van der Waals surface area contributed by atoms with E-state index in [-0.39, 0.29) is 0 Å². The Morgan fingerprint density at radius 2 is 2.00 bits per heavy atom. The van der Waals surface area contributed by atoms with Crippen molar-refractivity contribution >= 4 is 0 Å². The lowest BCUT2D eigenvalue weighted by Crippen LogP contribution is -2.34. The Kier molecular flexibility index (Phi) is 8.64. The number of hydrogen-bond donors (Lipinski definition) is 1. The molecule has 0 unspecified atom stereocenters. The average molecular weight is 256 g/mol. The Bertz CT molecular complexity index is 193. The minimum atomic E-state index is 0.364. The maximum atomic E-state index is 5.52. The van der Waals surface area contributed by atoms with Gasteiger partial charge in [0.2, 0.25) is 0 Å². The molecule has 3 heteroatoms. The zero-order valence-electron chi connectivity index (χ0n) is 12.6. The highest BCUT2D eigenvalue weighted by Gasteiger charge is 2.23. The summed E-state index contributed by atoms with van der Waals surface area (Å²) in [7, 11) is 0. The van der Waals surface area contributed by atoms with E-state index < -0.39 is 0 Å². The molecule has 1 aliphatic carbocycles. The van der Waals surface area contributed by atoms with Gasteiger partial charge in [-0.15, -0.1) is 0 Å². The quantitative estimate of drug-likeness (QED) is 0.543. The summed E-state index contributed by atoms with van der Waals surface area (Å²) in [5.74, 6) is 1.01. The SMILES string of the molecule is CCCN(CCNCCCOC(C)C)CC1CC1. The van der Waals surface area contributed by atoms with Crippen molar-refractivity contribution in [2.45, 2.75) is 52.6 Å². The molecule has 0 heterocycles. The van der Waals surface area contributed by atoms with E-state index in [1.54, 1.807) is 0 Å². The van der Waals surface area contributed by atoms with Crippen LogP contribution in [0.15, 0.2) is 0 Å². The molecule has 1 saturated carbocycles. The molecule has 0 atom stereocenters. The minimum absolute atomic E-state index is 0.364. The van der Waals surface area contributed by atoms with E-state index in [2.05, 4.69) is 31.0 Å². The highest BCUT2D eigenvalue weighted by molar-refractivity contribution is 4.77. The lowest BCUT2D eigenvalue weighted by molar-refractivity contribution is 0.0770. The second-order valence-corrected chi connectivity index (χ2v) is 5.77.